The van der Waals surface area contributed by atoms with Crippen LogP contribution in [0.2, 0.25) is 0 Å². The van der Waals surface area contributed by atoms with Gasteiger partial charge in [-0.1, -0.05) is 18.9 Å². The van der Waals surface area contributed by atoms with Crippen molar-refractivity contribution in [2.24, 2.45) is 0 Å². The second-order valence-electron chi connectivity index (χ2n) is 8.23. The summed E-state index contributed by atoms with van der Waals surface area (Å²) < 4.78 is 32.9. The van der Waals surface area contributed by atoms with Gasteiger partial charge in [-0.2, -0.15) is 4.31 Å². The Kier molecular flexibility index (Phi) is 7.41. The van der Waals surface area contributed by atoms with Crippen LogP contribution in [0.4, 0.5) is 17.2 Å². The van der Waals surface area contributed by atoms with Crippen molar-refractivity contribution < 1.29 is 18.1 Å². The molecule has 0 atom stereocenters. The first kappa shape index (κ1) is 23.4. The lowest BCUT2D eigenvalue weighted by atomic mass is 10.2. The van der Waals surface area contributed by atoms with E-state index in [1.807, 2.05) is 12.1 Å². The first-order chi connectivity index (χ1) is 15.9. The molecule has 2 fully saturated rings. The predicted octanol–water partition coefficient (Wildman–Crippen LogP) is 3.00. The summed E-state index contributed by atoms with van der Waals surface area (Å²) in [7, 11) is -3.76. The molecule has 2 aliphatic heterocycles. The van der Waals surface area contributed by atoms with E-state index in [9.17, 15) is 18.5 Å². The molecular weight excluding hydrogens is 446 g/mol. The number of nitrogens with zero attached hydrogens (tertiary/aromatic N) is 4. The topological polar surface area (TPSA) is 118 Å². The highest BCUT2D eigenvalue weighted by Crippen LogP contribution is 2.30. The van der Waals surface area contributed by atoms with Crippen LogP contribution >= 0.6 is 0 Å². The highest BCUT2D eigenvalue weighted by Gasteiger charge is 2.28. The molecule has 0 spiro atoms. The predicted molar refractivity (Wildman–Crippen MR) is 125 cm³/mol. The van der Waals surface area contributed by atoms with Crippen LogP contribution in [0.15, 0.2) is 41.4 Å². The average Bonchev–Trinajstić information content (AvgIpc) is 3.14. The number of anilines is 2. The molecule has 3 heterocycles. The summed E-state index contributed by atoms with van der Waals surface area (Å²) in [5.74, 6) is 0.871. The zero-order valence-corrected chi connectivity index (χ0v) is 19.3. The number of hydrogen-bond acceptors (Lipinski definition) is 8. The van der Waals surface area contributed by atoms with E-state index >= 15 is 0 Å². The van der Waals surface area contributed by atoms with Gasteiger partial charge in [-0.05, 0) is 36.6 Å². The number of pyridine rings is 1. The maximum atomic E-state index is 13.0. The van der Waals surface area contributed by atoms with Crippen molar-refractivity contribution in [1.29, 1.82) is 0 Å². The summed E-state index contributed by atoms with van der Waals surface area (Å²) in [6, 6.07) is 7.92. The molecule has 4 rings (SSSR count). The van der Waals surface area contributed by atoms with E-state index in [1.165, 1.54) is 16.4 Å². The summed E-state index contributed by atoms with van der Waals surface area (Å²) >= 11 is 0. The van der Waals surface area contributed by atoms with Crippen molar-refractivity contribution in [2.75, 3.05) is 49.6 Å². The Morgan fingerprint density at radius 2 is 1.76 bits per heavy atom. The summed E-state index contributed by atoms with van der Waals surface area (Å²) in [4.78, 5) is 17.7. The van der Waals surface area contributed by atoms with Crippen LogP contribution in [0, 0.1) is 10.1 Å². The smallest absolute Gasteiger partial charge is 0.293 e. The van der Waals surface area contributed by atoms with Crippen LogP contribution < -0.4 is 10.2 Å². The summed E-state index contributed by atoms with van der Waals surface area (Å²) in [6.07, 6.45) is 5.34. The molecule has 2 saturated heterocycles. The molecule has 2 aliphatic rings. The molecule has 178 valence electrons. The standard InChI is InChI=1S/C22H29N5O5S/c28-27(29)21-15-19(33(30,31)26-9-3-1-2-4-10-26)6-7-20(21)23-16-18-5-8-22(24-17-18)25-11-13-32-14-12-25/h5-8,15,17,23H,1-4,9-14,16H2. The molecule has 1 N–H and O–H groups in total. The third kappa shape index (κ3) is 5.60. The molecule has 1 aromatic heterocycles. The van der Waals surface area contributed by atoms with Crippen LogP contribution in [0.1, 0.15) is 31.2 Å². The highest BCUT2D eigenvalue weighted by atomic mass is 32.2. The molecule has 0 radical (unpaired) electrons. The van der Waals surface area contributed by atoms with E-state index in [1.54, 1.807) is 6.20 Å². The van der Waals surface area contributed by atoms with Crippen molar-refractivity contribution >= 4 is 27.2 Å². The maximum Gasteiger partial charge on any atom is 0.293 e. The zero-order valence-electron chi connectivity index (χ0n) is 18.5. The van der Waals surface area contributed by atoms with Gasteiger partial charge in [-0.3, -0.25) is 10.1 Å². The molecule has 0 saturated carbocycles. The average molecular weight is 476 g/mol. The summed E-state index contributed by atoms with van der Waals surface area (Å²) in [5, 5.41) is 14.7. The minimum atomic E-state index is -3.76. The van der Waals surface area contributed by atoms with Crippen molar-refractivity contribution in [2.45, 2.75) is 37.1 Å². The minimum absolute atomic E-state index is 0.0434. The van der Waals surface area contributed by atoms with Gasteiger partial charge in [0, 0.05) is 45.0 Å². The lowest BCUT2D eigenvalue weighted by Gasteiger charge is -2.27. The molecule has 2 aromatic rings. The Morgan fingerprint density at radius 3 is 2.39 bits per heavy atom. The first-order valence-corrected chi connectivity index (χ1v) is 12.7. The molecule has 1 aromatic carbocycles. The number of nitro benzene ring substituents is 1. The van der Waals surface area contributed by atoms with Crippen LogP contribution in [-0.4, -0.2) is 62.0 Å². The normalized spacial score (nSPS) is 18.0. The number of nitro groups is 1. The molecule has 0 aliphatic carbocycles. The highest BCUT2D eigenvalue weighted by molar-refractivity contribution is 7.89. The van der Waals surface area contributed by atoms with Crippen LogP contribution in [0.5, 0.6) is 0 Å². The van der Waals surface area contributed by atoms with Crippen LogP contribution in [-0.2, 0) is 21.3 Å². The number of ether oxygens (including phenoxy) is 1. The SMILES string of the molecule is O=[N+]([O-])c1cc(S(=O)(=O)N2CCCCCC2)ccc1NCc1ccc(N2CCOCC2)nc1. The van der Waals surface area contributed by atoms with Crippen molar-refractivity contribution in [3.05, 3.63) is 52.2 Å². The molecule has 0 amide bonds. The largest absolute Gasteiger partial charge is 0.378 e. The maximum absolute atomic E-state index is 13.0. The Morgan fingerprint density at radius 1 is 1.03 bits per heavy atom. The Balaban J connectivity index is 1.47. The monoisotopic (exact) mass is 475 g/mol. The fraction of sp³-hybridized carbons (Fsp3) is 0.500. The fourth-order valence-corrected chi connectivity index (χ4v) is 5.64. The Hall–Kier alpha value is -2.76. The van der Waals surface area contributed by atoms with E-state index in [2.05, 4.69) is 15.2 Å². The molecule has 0 unspecified atom stereocenters. The van der Waals surface area contributed by atoms with Gasteiger partial charge >= 0.3 is 0 Å². The Bertz CT molecular complexity index is 1060. The van der Waals surface area contributed by atoms with Gasteiger partial charge in [0.1, 0.15) is 11.5 Å². The number of hydrogen-bond donors (Lipinski definition) is 1. The van der Waals surface area contributed by atoms with Crippen LogP contribution in [0.3, 0.4) is 0 Å². The number of morpholine rings is 1. The van der Waals surface area contributed by atoms with E-state index in [-0.39, 0.29) is 16.3 Å². The third-order valence-corrected chi connectivity index (χ3v) is 7.89. The van der Waals surface area contributed by atoms with Gasteiger partial charge in [0.25, 0.3) is 5.69 Å². The van der Waals surface area contributed by atoms with Gasteiger partial charge in [0.05, 0.1) is 23.0 Å². The van der Waals surface area contributed by atoms with Gasteiger partial charge in [0.15, 0.2) is 0 Å². The van der Waals surface area contributed by atoms with Gasteiger partial charge < -0.3 is 15.0 Å². The van der Waals surface area contributed by atoms with Gasteiger partial charge in [-0.25, -0.2) is 13.4 Å². The number of benzene rings is 1. The zero-order chi connectivity index (χ0) is 23.3. The van der Waals surface area contributed by atoms with Crippen LogP contribution in [0.25, 0.3) is 0 Å². The first-order valence-electron chi connectivity index (χ1n) is 11.3. The number of rotatable bonds is 7. The summed E-state index contributed by atoms with van der Waals surface area (Å²) in [5.41, 5.74) is 0.874. The molecule has 33 heavy (non-hydrogen) atoms. The van der Waals surface area contributed by atoms with Crippen molar-refractivity contribution in [1.82, 2.24) is 9.29 Å². The number of sulfonamides is 1. The lowest BCUT2D eigenvalue weighted by molar-refractivity contribution is -0.384. The fourth-order valence-electron chi connectivity index (χ4n) is 4.10. The lowest BCUT2D eigenvalue weighted by Crippen LogP contribution is -2.36. The van der Waals surface area contributed by atoms with Gasteiger partial charge in [0.2, 0.25) is 10.0 Å². The van der Waals surface area contributed by atoms with E-state index in [0.717, 1.165) is 56.2 Å². The number of aromatic nitrogens is 1. The van der Waals surface area contributed by atoms with E-state index < -0.39 is 14.9 Å². The second-order valence-corrected chi connectivity index (χ2v) is 10.2. The van der Waals surface area contributed by atoms with E-state index in [0.29, 0.717) is 32.8 Å². The molecule has 0 bridgehead atoms. The molecule has 10 nitrogen and oxygen atoms in total. The Labute approximate surface area is 193 Å². The molecular formula is C22H29N5O5S. The number of nitrogens with one attached hydrogen (secondary N) is 1. The third-order valence-electron chi connectivity index (χ3n) is 6.00. The quantitative estimate of drug-likeness (QED) is 0.480. The van der Waals surface area contributed by atoms with Crippen molar-refractivity contribution in [3.63, 3.8) is 0 Å². The minimum Gasteiger partial charge on any atom is -0.378 e. The van der Waals surface area contributed by atoms with E-state index in [4.69, 9.17) is 4.74 Å². The summed E-state index contributed by atoms with van der Waals surface area (Å²) in [6.45, 7) is 4.17. The van der Waals surface area contributed by atoms with Crippen molar-refractivity contribution in [3.8, 4) is 0 Å². The second kappa shape index (κ2) is 10.4. The molecule has 11 heteroatoms. The van der Waals surface area contributed by atoms with Gasteiger partial charge in [-0.15, -0.1) is 0 Å².